The van der Waals surface area contributed by atoms with Gasteiger partial charge >= 0.3 is 0 Å². The molecular formula is C39H45N3O6S. The molecule has 1 saturated heterocycles. The lowest BCUT2D eigenvalue weighted by atomic mass is 9.91. The molecule has 10 heteroatoms. The van der Waals surface area contributed by atoms with Crippen molar-refractivity contribution in [1.82, 2.24) is 10.6 Å². The van der Waals surface area contributed by atoms with Crippen LogP contribution in [0.2, 0.25) is 0 Å². The summed E-state index contributed by atoms with van der Waals surface area (Å²) in [5, 5.41) is 28.3. The molecule has 0 radical (unpaired) electrons. The van der Waals surface area contributed by atoms with E-state index in [0.717, 1.165) is 57.4 Å². The van der Waals surface area contributed by atoms with Crippen molar-refractivity contribution in [3.8, 4) is 11.1 Å². The standard InChI is InChI=1S/C39H45N3O6S/c1-27-35(26-49-37-13-7-9-23-42(37)46)47-39(48-38(27)31-16-14-29(25-43)15-17-31)32-20-18-30(19-21-32)34-11-6-5-10-33(34)24-41-36(45)12-4-3-8-22-40-28(2)44/h5-7,9-11,13-21,23,27,35,38-39,43H,3-4,8,12,22,24-26H2,1-2H3,(H,40,44)(H,41,45)/t27-,35+,38+,39+/m1/s1. The number of pyridine rings is 1. The van der Waals surface area contributed by atoms with E-state index < -0.39 is 6.29 Å². The van der Waals surface area contributed by atoms with Crippen LogP contribution in [0.15, 0.2) is 102 Å². The van der Waals surface area contributed by atoms with Gasteiger partial charge in [0.15, 0.2) is 12.5 Å². The summed E-state index contributed by atoms with van der Waals surface area (Å²) in [6.45, 7) is 4.65. The smallest absolute Gasteiger partial charge is 0.251 e. The molecule has 3 aromatic carbocycles. The van der Waals surface area contributed by atoms with E-state index in [1.807, 2.05) is 66.7 Å². The van der Waals surface area contributed by atoms with Crippen molar-refractivity contribution in [2.75, 3.05) is 12.3 Å². The Hall–Kier alpha value is -4.22. The fourth-order valence-corrected chi connectivity index (χ4v) is 6.99. The predicted octanol–water partition coefficient (Wildman–Crippen LogP) is 6.38. The zero-order valence-electron chi connectivity index (χ0n) is 28.0. The summed E-state index contributed by atoms with van der Waals surface area (Å²) in [5.41, 5.74) is 5.79. The lowest BCUT2D eigenvalue weighted by Crippen LogP contribution is -2.39. The molecule has 1 fully saturated rings. The van der Waals surface area contributed by atoms with Crippen LogP contribution in [0.3, 0.4) is 0 Å². The van der Waals surface area contributed by atoms with Gasteiger partial charge in [-0.05, 0) is 46.7 Å². The third-order valence-electron chi connectivity index (χ3n) is 8.75. The van der Waals surface area contributed by atoms with Gasteiger partial charge in [0, 0.05) is 55.8 Å². The number of amides is 2. The van der Waals surface area contributed by atoms with Crippen LogP contribution in [0.25, 0.3) is 11.1 Å². The number of unbranched alkanes of at least 4 members (excludes halogenated alkanes) is 2. The van der Waals surface area contributed by atoms with E-state index in [9.17, 15) is 19.9 Å². The number of aliphatic hydroxyl groups is 1. The Balaban J connectivity index is 1.26. The normalized spacial score (nSPS) is 18.9. The molecule has 5 rings (SSSR count). The Labute approximate surface area is 292 Å². The molecule has 4 atom stereocenters. The van der Waals surface area contributed by atoms with E-state index in [1.54, 1.807) is 6.07 Å². The number of thioether (sulfide) groups is 1. The molecular weight excluding hydrogens is 639 g/mol. The molecule has 0 aliphatic carbocycles. The van der Waals surface area contributed by atoms with Gasteiger partial charge in [0.2, 0.25) is 11.8 Å². The quantitative estimate of drug-likeness (QED) is 0.0576. The second-order valence-electron chi connectivity index (χ2n) is 12.3. The summed E-state index contributed by atoms with van der Waals surface area (Å²) in [5.74, 6) is 0.551. The summed E-state index contributed by atoms with van der Waals surface area (Å²) < 4.78 is 14.1. The molecule has 49 heavy (non-hydrogen) atoms. The summed E-state index contributed by atoms with van der Waals surface area (Å²) in [6.07, 6.45) is 3.38. The average Bonchev–Trinajstić information content (AvgIpc) is 3.12. The second-order valence-corrected chi connectivity index (χ2v) is 13.4. The molecule has 0 spiro atoms. The minimum absolute atomic E-state index is 0.00219. The topological polar surface area (TPSA) is 124 Å². The number of nitrogens with one attached hydrogen (secondary N) is 2. The summed E-state index contributed by atoms with van der Waals surface area (Å²) in [4.78, 5) is 23.5. The van der Waals surface area contributed by atoms with Crippen molar-refractivity contribution in [2.45, 2.75) is 76.2 Å². The van der Waals surface area contributed by atoms with Crippen LogP contribution < -0.4 is 15.4 Å². The molecule has 1 aliphatic rings. The van der Waals surface area contributed by atoms with Crippen LogP contribution in [0.4, 0.5) is 0 Å². The van der Waals surface area contributed by atoms with Gasteiger partial charge < -0.3 is 30.4 Å². The first-order chi connectivity index (χ1) is 23.8. The van der Waals surface area contributed by atoms with Crippen molar-refractivity contribution in [1.29, 1.82) is 0 Å². The lowest BCUT2D eigenvalue weighted by molar-refractivity contribution is -0.645. The first-order valence-electron chi connectivity index (χ1n) is 16.8. The summed E-state index contributed by atoms with van der Waals surface area (Å²) in [6, 6.07) is 29.4. The fraction of sp³-hybridized carbons (Fsp3) is 0.359. The Kier molecular flexibility index (Phi) is 13.2. The first-order valence-corrected chi connectivity index (χ1v) is 17.8. The summed E-state index contributed by atoms with van der Waals surface area (Å²) >= 11 is 1.47. The predicted molar refractivity (Wildman–Crippen MR) is 190 cm³/mol. The van der Waals surface area contributed by atoms with E-state index in [4.69, 9.17) is 9.47 Å². The minimum atomic E-state index is -0.624. The maximum Gasteiger partial charge on any atom is 0.251 e. The van der Waals surface area contributed by atoms with Gasteiger partial charge in [-0.1, -0.05) is 97.9 Å². The number of carbonyl (C=O) groups excluding carboxylic acids is 2. The molecule has 9 nitrogen and oxygen atoms in total. The van der Waals surface area contributed by atoms with E-state index in [-0.39, 0.29) is 36.5 Å². The molecule has 0 saturated carbocycles. The molecule has 1 aliphatic heterocycles. The Morgan fingerprint density at radius 3 is 2.35 bits per heavy atom. The summed E-state index contributed by atoms with van der Waals surface area (Å²) in [7, 11) is 0. The largest absolute Gasteiger partial charge is 0.618 e. The highest BCUT2D eigenvalue weighted by Crippen LogP contribution is 2.43. The lowest BCUT2D eigenvalue weighted by Gasteiger charge is -2.41. The van der Waals surface area contributed by atoms with Crippen molar-refractivity contribution in [3.63, 3.8) is 0 Å². The Bertz CT molecular complexity index is 1670. The van der Waals surface area contributed by atoms with E-state index in [0.29, 0.717) is 30.3 Å². The van der Waals surface area contributed by atoms with Gasteiger partial charge in [-0.25, -0.2) is 0 Å². The van der Waals surface area contributed by atoms with Gasteiger partial charge in [-0.15, -0.1) is 0 Å². The van der Waals surface area contributed by atoms with Gasteiger partial charge in [0.05, 0.1) is 18.8 Å². The van der Waals surface area contributed by atoms with E-state index >= 15 is 0 Å². The van der Waals surface area contributed by atoms with Crippen molar-refractivity contribution < 1.29 is 28.9 Å². The van der Waals surface area contributed by atoms with Crippen LogP contribution in [-0.2, 0) is 32.2 Å². The SMILES string of the molecule is CC(=O)NCCCCCC(=O)NCc1ccccc1-c1ccc([C@H]2O[C@@H](CSc3cccc[n+]3[O-])[C@@H](C)[C@@H](c3ccc(CO)cc3)O2)cc1. The number of hydrogen-bond acceptors (Lipinski definition) is 7. The highest BCUT2D eigenvalue weighted by atomic mass is 32.2. The Morgan fingerprint density at radius 1 is 0.878 bits per heavy atom. The molecule has 258 valence electrons. The van der Waals surface area contributed by atoms with Crippen molar-refractivity contribution >= 4 is 23.6 Å². The number of benzene rings is 3. The maximum atomic E-state index is 12.5. The van der Waals surface area contributed by atoms with Gasteiger partial charge in [-0.2, -0.15) is 4.73 Å². The number of hydrogen-bond donors (Lipinski definition) is 3. The zero-order chi connectivity index (χ0) is 34.6. The van der Waals surface area contributed by atoms with Crippen LogP contribution in [0.1, 0.15) is 74.2 Å². The number of carbonyl (C=O) groups is 2. The zero-order valence-corrected chi connectivity index (χ0v) is 28.9. The van der Waals surface area contributed by atoms with Gasteiger partial charge in [-0.3, -0.25) is 9.59 Å². The second kappa shape index (κ2) is 18.0. The highest BCUT2D eigenvalue weighted by Gasteiger charge is 2.38. The fourth-order valence-electron chi connectivity index (χ4n) is 5.91. The number of aliphatic hydroxyl groups excluding tert-OH is 1. The van der Waals surface area contributed by atoms with E-state index in [1.165, 1.54) is 24.9 Å². The Morgan fingerprint density at radius 2 is 1.61 bits per heavy atom. The van der Waals surface area contributed by atoms with Crippen LogP contribution in [0, 0.1) is 11.1 Å². The maximum absolute atomic E-state index is 12.5. The van der Waals surface area contributed by atoms with E-state index in [2.05, 4.69) is 35.8 Å². The molecule has 4 aromatic rings. The highest BCUT2D eigenvalue weighted by molar-refractivity contribution is 7.99. The molecule has 0 bridgehead atoms. The molecule has 1 aromatic heterocycles. The number of rotatable bonds is 15. The first kappa shape index (κ1) is 36.1. The van der Waals surface area contributed by atoms with Crippen LogP contribution >= 0.6 is 11.8 Å². The van der Waals surface area contributed by atoms with Crippen LogP contribution in [-0.4, -0.2) is 35.3 Å². The molecule has 3 N–H and O–H groups in total. The average molecular weight is 684 g/mol. The van der Waals surface area contributed by atoms with Gasteiger partial charge in [0.25, 0.3) is 5.03 Å². The van der Waals surface area contributed by atoms with Gasteiger partial charge in [0.1, 0.15) is 0 Å². The molecule has 2 heterocycles. The number of nitrogens with zero attached hydrogens (tertiary/aromatic N) is 1. The minimum Gasteiger partial charge on any atom is -0.618 e. The van der Waals surface area contributed by atoms with Crippen molar-refractivity contribution in [2.24, 2.45) is 5.92 Å². The van der Waals surface area contributed by atoms with Crippen LogP contribution in [0.5, 0.6) is 0 Å². The molecule has 0 unspecified atom stereocenters. The number of aromatic nitrogens is 1. The van der Waals surface area contributed by atoms with Crippen molar-refractivity contribution in [3.05, 3.63) is 125 Å². The monoisotopic (exact) mass is 683 g/mol. The molecule has 2 amide bonds. The third-order valence-corrected chi connectivity index (χ3v) is 9.86. The third kappa shape index (κ3) is 10.1. The number of ether oxygens (including phenoxy) is 2.